The lowest BCUT2D eigenvalue weighted by molar-refractivity contribution is -0.523. The van der Waals surface area contributed by atoms with Crippen molar-refractivity contribution >= 4 is 34.5 Å². The van der Waals surface area contributed by atoms with Gasteiger partial charge in [-0.1, -0.05) is 42.2 Å². The first kappa shape index (κ1) is 16.8. The number of thioether (sulfide) groups is 1. The zero-order valence-electron chi connectivity index (χ0n) is 13.0. The number of thiocarbonyl (C=S) groups is 1. The smallest absolute Gasteiger partial charge is 0.254 e. The van der Waals surface area contributed by atoms with Gasteiger partial charge in [-0.05, 0) is 26.0 Å². The van der Waals surface area contributed by atoms with Gasteiger partial charge in [0.15, 0.2) is 6.21 Å². The topological polar surface area (TPSA) is 38.5 Å². The fourth-order valence-electron chi connectivity index (χ4n) is 2.55. The lowest BCUT2D eigenvalue weighted by Gasteiger charge is -2.29. The molecule has 0 bridgehead atoms. The molecule has 4 nitrogen and oxygen atoms in total. The molecule has 6 heteroatoms. The fraction of sp³-hybridized carbons (Fsp3) is 0.375. The molecule has 0 amide bonds. The molecule has 118 valence electrons. The lowest BCUT2D eigenvalue weighted by atomic mass is 10.1. The highest BCUT2D eigenvalue weighted by atomic mass is 32.2. The molecule has 22 heavy (non-hydrogen) atoms. The second-order valence-corrected chi connectivity index (χ2v) is 7.81. The van der Waals surface area contributed by atoms with Gasteiger partial charge >= 0.3 is 0 Å². The van der Waals surface area contributed by atoms with Crippen LogP contribution in [0.25, 0.3) is 0 Å². The molecule has 1 aliphatic rings. The molecule has 0 aliphatic carbocycles. The molecule has 1 atom stereocenters. The summed E-state index contributed by atoms with van der Waals surface area (Å²) >= 11 is 6.95. The van der Waals surface area contributed by atoms with E-state index in [1.807, 2.05) is 43.0 Å². The number of nitrogens with zero attached hydrogens (tertiary/aromatic N) is 2. The van der Waals surface area contributed by atoms with Crippen LogP contribution >= 0.6 is 24.0 Å². The Labute approximate surface area is 141 Å². The quantitative estimate of drug-likeness (QED) is 0.206. The van der Waals surface area contributed by atoms with Crippen molar-refractivity contribution in [3.8, 4) is 5.75 Å². The van der Waals surface area contributed by atoms with Crippen LogP contribution in [0.15, 0.2) is 36.9 Å². The summed E-state index contributed by atoms with van der Waals surface area (Å²) in [4.78, 5) is 1.91. The summed E-state index contributed by atoms with van der Waals surface area (Å²) in [7, 11) is 1.59. The van der Waals surface area contributed by atoms with Gasteiger partial charge in [0.1, 0.15) is 14.8 Å². The van der Waals surface area contributed by atoms with Gasteiger partial charge in [-0.15, -0.1) is 6.58 Å². The Morgan fingerprint density at radius 1 is 1.50 bits per heavy atom. The van der Waals surface area contributed by atoms with Crippen LogP contribution in [0, 0.1) is 5.21 Å². The number of hydrogen-bond donors (Lipinski definition) is 0. The molecular formula is C16H20N2O2S2. The molecule has 0 aromatic heterocycles. The van der Waals surface area contributed by atoms with Gasteiger partial charge in [0, 0.05) is 6.54 Å². The van der Waals surface area contributed by atoms with Crippen molar-refractivity contribution in [3.05, 3.63) is 47.7 Å². The van der Waals surface area contributed by atoms with Gasteiger partial charge in [0.25, 0.3) is 6.17 Å². The molecule has 1 aromatic carbocycles. The van der Waals surface area contributed by atoms with Crippen LogP contribution < -0.4 is 4.74 Å². The van der Waals surface area contributed by atoms with Crippen LogP contribution in [0.3, 0.4) is 0 Å². The first-order valence-electron chi connectivity index (χ1n) is 6.94. The maximum atomic E-state index is 12.8. The molecule has 0 unspecified atom stereocenters. The third kappa shape index (κ3) is 3.28. The standard InChI is InChI=1S/C16H20N2O2S2/c1-5-10-17-14(16(2,3)22-15(17)21)18(19)11-12-8-6-7-9-13(12)20-4/h5-9,11,14H,1,10H2,2-4H3/b18-11-/t14-/m1/s1. The predicted molar refractivity (Wildman–Crippen MR) is 96.7 cm³/mol. The Morgan fingerprint density at radius 3 is 2.82 bits per heavy atom. The summed E-state index contributed by atoms with van der Waals surface area (Å²) in [6.07, 6.45) is 2.95. The molecule has 1 heterocycles. The summed E-state index contributed by atoms with van der Waals surface area (Å²) in [6, 6.07) is 7.44. The van der Waals surface area contributed by atoms with E-state index in [0.29, 0.717) is 12.3 Å². The van der Waals surface area contributed by atoms with Crippen LogP contribution in [0.2, 0.25) is 0 Å². The van der Waals surface area contributed by atoms with E-state index in [4.69, 9.17) is 17.0 Å². The van der Waals surface area contributed by atoms with Crippen molar-refractivity contribution in [3.63, 3.8) is 0 Å². The summed E-state index contributed by atoms with van der Waals surface area (Å²) < 4.78 is 6.69. The third-order valence-electron chi connectivity index (χ3n) is 3.47. The SMILES string of the molecule is C=CCN1C(=S)SC(C)(C)[C@H]1/[N+]([O-])=C/c1ccccc1OC. The van der Waals surface area contributed by atoms with Crippen molar-refractivity contribution in [2.45, 2.75) is 24.8 Å². The minimum Gasteiger partial charge on any atom is -0.622 e. The molecule has 1 fully saturated rings. The van der Waals surface area contributed by atoms with Crippen molar-refractivity contribution < 1.29 is 9.48 Å². The average Bonchev–Trinajstić information content (AvgIpc) is 2.69. The fourth-order valence-corrected chi connectivity index (χ4v) is 4.45. The van der Waals surface area contributed by atoms with E-state index in [0.717, 1.165) is 14.6 Å². The van der Waals surface area contributed by atoms with E-state index in [-0.39, 0.29) is 10.9 Å². The molecule has 0 N–H and O–H groups in total. The van der Waals surface area contributed by atoms with Gasteiger partial charge in [-0.3, -0.25) is 4.90 Å². The van der Waals surface area contributed by atoms with E-state index in [9.17, 15) is 5.21 Å². The highest BCUT2D eigenvalue weighted by Gasteiger charge is 2.49. The number of methoxy groups -OCH3 is 1. The second-order valence-electron chi connectivity index (χ2n) is 5.52. The molecular weight excluding hydrogens is 316 g/mol. The predicted octanol–water partition coefficient (Wildman–Crippen LogP) is 3.25. The summed E-state index contributed by atoms with van der Waals surface area (Å²) in [6.45, 7) is 8.36. The third-order valence-corrected chi connectivity index (χ3v) is 5.10. The van der Waals surface area contributed by atoms with Crippen LogP contribution in [0.1, 0.15) is 19.4 Å². The van der Waals surface area contributed by atoms with E-state index in [2.05, 4.69) is 6.58 Å². The zero-order valence-corrected chi connectivity index (χ0v) is 14.6. The van der Waals surface area contributed by atoms with Gasteiger partial charge in [0.05, 0.1) is 12.7 Å². The first-order valence-corrected chi connectivity index (χ1v) is 8.17. The van der Waals surface area contributed by atoms with Gasteiger partial charge in [0.2, 0.25) is 0 Å². The molecule has 1 aliphatic heterocycles. The van der Waals surface area contributed by atoms with Crippen molar-refractivity contribution in [2.24, 2.45) is 0 Å². The maximum absolute atomic E-state index is 12.8. The number of ether oxygens (including phenoxy) is 1. The lowest BCUT2D eigenvalue weighted by Crippen LogP contribution is -2.47. The van der Waals surface area contributed by atoms with Crippen LogP contribution in [0.4, 0.5) is 0 Å². The Morgan fingerprint density at radius 2 is 2.18 bits per heavy atom. The van der Waals surface area contributed by atoms with Crippen LogP contribution in [-0.4, -0.2) is 44.7 Å². The number of rotatable bonds is 5. The van der Waals surface area contributed by atoms with Gasteiger partial charge in [-0.2, -0.15) is 4.74 Å². The van der Waals surface area contributed by atoms with E-state index in [1.54, 1.807) is 31.2 Å². The summed E-state index contributed by atoms with van der Waals surface area (Å²) in [5.74, 6) is 0.671. The number of hydrogen-bond acceptors (Lipinski definition) is 4. The largest absolute Gasteiger partial charge is 0.622 e. The maximum Gasteiger partial charge on any atom is 0.254 e. The van der Waals surface area contributed by atoms with E-state index < -0.39 is 0 Å². The molecule has 2 rings (SSSR count). The highest BCUT2D eigenvalue weighted by Crippen LogP contribution is 2.41. The highest BCUT2D eigenvalue weighted by molar-refractivity contribution is 8.24. The Balaban J connectivity index is 2.40. The monoisotopic (exact) mass is 336 g/mol. The average molecular weight is 336 g/mol. The number of para-hydroxylation sites is 1. The molecule has 0 saturated carbocycles. The van der Waals surface area contributed by atoms with Crippen molar-refractivity contribution in [1.82, 2.24) is 4.90 Å². The van der Waals surface area contributed by atoms with Gasteiger partial charge < -0.3 is 9.94 Å². The van der Waals surface area contributed by atoms with Crippen LogP contribution in [-0.2, 0) is 0 Å². The minimum atomic E-state index is -0.382. The van der Waals surface area contributed by atoms with E-state index in [1.165, 1.54) is 0 Å². The van der Waals surface area contributed by atoms with Crippen molar-refractivity contribution in [2.75, 3.05) is 13.7 Å². The first-order chi connectivity index (χ1) is 10.4. The van der Waals surface area contributed by atoms with Crippen LogP contribution in [0.5, 0.6) is 5.75 Å². The molecule has 1 aromatic rings. The Kier molecular flexibility index (Phi) is 5.13. The Bertz CT molecular complexity index is 614. The van der Waals surface area contributed by atoms with E-state index >= 15 is 0 Å². The minimum absolute atomic E-state index is 0.305. The normalized spacial score (nSPS) is 21.0. The molecule has 0 radical (unpaired) electrons. The van der Waals surface area contributed by atoms with Gasteiger partial charge in [-0.25, -0.2) is 0 Å². The number of benzene rings is 1. The number of hydroxylamine groups is 1. The molecule has 1 saturated heterocycles. The second kappa shape index (κ2) is 6.71. The zero-order chi connectivity index (χ0) is 16.3. The Hall–Kier alpha value is -1.53. The molecule has 0 spiro atoms. The summed E-state index contributed by atoms with van der Waals surface area (Å²) in [5.41, 5.74) is 0.747. The van der Waals surface area contributed by atoms with Crippen molar-refractivity contribution in [1.29, 1.82) is 0 Å². The summed E-state index contributed by atoms with van der Waals surface area (Å²) in [5, 5.41) is 12.8.